The van der Waals surface area contributed by atoms with E-state index in [1.807, 2.05) is 12.1 Å². The number of benzene rings is 1. The lowest BCUT2D eigenvalue weighted by molar-refractivity contribution is 0.0696. The Bertz CT molecular complexity index is 658. The zero-order valence-electron chi connectivity index (χ0n) is 10.5. The summed E-state index contributed by atoms with van der Waals surface area (Å²) in [6.07, 6.45) is 4.28. The van der Waals surface area contributed by atoms with Crippen LogP contribution in [0.4, 0.5) is 5.95 Å². The minimum Gasteiger partial charge on any atom is -0.478 e. The fourth-order valence-electron chi connectivity index (χ4n) is 2.40. The summed E-state index contributed by atoms with van der Waals surface area (Å²) in [7, 11) is 0. The van der Waals surface area contributed by atoms with Crippen molar-refractivity contribution in [3.63, 3.8) is 0 Å². The van der Waals surface area contributed by atoms with Crippen molar-refractivity contribution in [1.82, 2.24) is 9.97 Å². The van der Waals surface area contributed by atoms with Crippen LogP contribution >= 0.6 is 11.6 Å². The summed E-state index contributed by atoms with van der Waals surface area (Å²) in [6.45, 7) is 0. The Kier molecular flexibility index (Phi) is 3.28. The van der Waals surface area contributed by atoms with E-state index in [2.05, 4.69) is 21.4 Å². The number of nitrogens with zero attached hydrogens (tertiary/aromatic N) is 2. The number of carbonyl (C=O) groups is 1. The number of carboxylic acids is 1. The maximum Gasteiger partial charge on any atom is 0.338 e. The van der Waals surface area contributed by atoms with Gasteiger partial charge >= 0.3 is 5.97 Å². The van der Waals surface area contributed by atoms with Crippen LogP contribution in [0.15, 0.2) is 30.6 Å². The van der Waals surface area contributed by atoms with Gasteiger partial charge in [0.1, 0.15) is 0 Å². The van der Waals surface area contributed by atoms with Gasteiger partial charge in [-0.2, -0.15) is 0 Å². The minimum absolute atomic E-state index is 0.0771. The van der Waals surface area contributed by atoms with Gasteiger partial charge in [0, 0.05) is 23.5 Å². The number of aromatic carboxylic acids is 1. The highest BCUT2D eigenvalue weighted by Gasteiger charge is 2.23. The van der Waals surface area contributed by atoms with E-state index in [9.17, 15) is 4.79 Å². The van der Waals surface area contributed by atoms with Gasteiger partial charge in [-0.1, -0.05) is 23.7 Å². The molecule has 1 aromatic heterocycles. The summed E-state index contributed by atoms with van der Waals surface area (Å²) in [4.78, 5) is 18.8. The van der Waals surface area contributed by atoms with E-state index in [-0.39, 0.29) is 11.6 Å². The standard InChI is InChI=1S/C14H12ClN3O2/c15-12-3-1-2-8-4-10(5-11(8)12)18-14-16-6-9(7-17-14)13(19)20/h1-3,6-7,10H,4-5H2,(H,19,20)(H,16,17,18). The van der Waals surface area contributed by atoms with Crippen molar-refractivity contribution in [1.29, 1.82) is 0 Å². The van der Waals surface area contributed by atoms with E-state index in [0.717, 1.165) is 23.4 Å². The molecule has 1 heterocycles. The van der Waals surface area contributed by atoms with Gasteiger partial charge in [-0.25, -0.2) is 14.8 Å². The molecule has 5 nitrogen and oxygen atoms in total. The molecular weight excluding hydrogens is 278 g/mol. The van der Waals surface area contributed by atoms with E-state index in [4.69, 9.17) is 16.7 Å². The molecule has 2 aromatic rings. The first-order chi connectivity index (χ1) is 9.63. The molecule has 1 aliphatic rings. The average molecular weight is 290 g/mol. The summed E-state index contributed by atoms with van der Waals surface area (Å²) < 4.78 is 0. The fourth-order valence-corrected chi connectivity index (χ4v) is 2.68. The van der Waals surface area contributed by atoms with E-state index < -0.39 is 5.97 Å². The average Bonchev–Trinajstić information content (AvgIpc) is 2.83. The number of nitrogens with one attached hydrogen (secondary N) is 1. The van der Waals surface area contributed by atoms with Gasteiger partial charge in [-0.15, -0.1) is 0 Å². The summed E-state index contributed by atoms with van der Waals surface area (Å²) in [5, 5.41) is 12.8. The third kappa shape index (κ3) is 2.44. The van der Waals surface area contributed by atoms with Gasteiger partial charge in [-0.05, 0) is 30.0 Å². The molecule has 1 atom stereocenters. The Morgan fingerprint density at radius 3 is 2.70 bits per heavy atom. The number of fused-ring (bicyclic) bond motifs is 1. The SMILES string of the molecule is O=C(O)c1cnc(NC2Cc3cccc(Cl)c3C2)nc1. The third-order valence-electron chi connectivity index (χ3n) is 3.36. The molecule has 1 aromatic carbocycles. The molecule has 1 unspecified atom stereocenters. The molecule has 0 bridgehead atoms. The Balaban J connectivity index is 1.71. The third-order valence-corrected chi connectivity index (χ3v) is 3.72. The van der Waals surface area contributed by atoms with E-state index in [1.165, 1.54) is 18.0 Å². The molecule has 0 saturated heterocycles. The maximum absolute atomic E-state index is 10.7. The first-order valence-corrected chi connectivity index (χ1v) is 6.59. The van der Waals surface area contributed by atoms with Crippen molar-refractivity contribution >= 4 is 23.5 Å². The Hall–Kier alpha value is -2.14. The number of rotatable bonds is 3. The molecular formula is C14H12ClN3O2. The first kappa shape index (κ1) is 12.9. The zero-order valence-corrected chi connectivity index (χ0v) is 11.3. The Morgan fingerprint density at radius 1 is 1.30 bits per heavy atom. The van der Waals surface area contributed by atoms with Crippen LogP contribution in [-0.2, 0) is 12.8 Å². The number of carboxylic acid groups (broad SMARTS) is 1. The summed E-state index contributed by atoms with van der Waals surface area (Å²) >= 11 is 6.17. The Morgan fingerprint density at radius 2 is 2.05 bits per heavy atom. The lowest BCUT2D eigenvalue weighted by Gasteiger charge is -2.11. The first-order valence-electron chi connectivity index (χ1n) is 6.21. The highest BCUT2D eigenvalue weighted by atomic mass is 35.5. The second-order valence-corrected chi connectivity index (χ2v) is 5.13. The van der Waals surface area contributed by atoms with Crippen molar-refractivity contribution in [3.8, 4) is 0 Å². The van der Waals surface area contributed by atoms with Crippen LogP contribution in [0.5, 0.6) is 0 Å². The molecule has 0 fully saturated rings. The Labute approximate surface area is 120 Å². The lowest BCUT2D eigenvalue weighted by Crippen LogP contribution is -2.21. The number of aromatic nitrogens is 2. The lowest BCUT2D eigenvalue weighted by atomic mass is 10.1. The van der Waals surface area contributed by atoms with Crippen molar-refractivity contribution in [2.45, 2.75) is 18.9 Å². The van der Waals surface area contributed by atoms with Crippen molar-refractivity contribution in [2.24, 2.45) is 0 Å². The van der Waals surface area contributed by atoms with Gasteiger partial charge in [0.25, 0.3) is 0 Å². The molecule has 0 radical (unpaired) electrons. The fraction of sp³-hybridized carbons (Fsp3) is 0.214. The molecule has 20 heavy (non-hydrogen) atoms. The van der Waals surface area contributed by atoms with Gasteiger partial charge in [-0.3, -0.25) is 0 Å². The normalized spacial score (nSPS) is 16.8. The van der Waals surface area contributed by atoms with Crippen LogP contribution < -0.4 is 5.32 Å². The largest absolute Gasteiger partial charge is 0.478 e. The van der Waals surface area contributed by atoms with Crippen LogP contribution in [0.1, 0.15) is 21.5 Å². The molecule has 102 valence electrons. The van der Waals surface area contributed by atoms with Crippen LogP contribution in [0.25, 0.3) is 0 Å². The molecule has 0 aliphatic heterocycles. The van der Waals surface area contributed by atoms with Crippen molar-refractivity contribution < 1.29 is 9.90 Å². The van der Waals surface area contributed by atoms with Crippen LogP contribution in [0, 0.1) is 0 Å². The van der Waals surface area contributed by atoms with Crippen molar-refractivity contribution in [2.75, 3.05) is 5.32 Å². The zero-order chi connectivity index (χ0) is 14.1. The molecule has 6 heteroatoms. The number of halogens is 1. The quantitative estimate of drug-likeness (QED) is 0.907. The van der Waals surface area contributed by atoms with Crippen molar-refractivity contribution in [3.05, 3.63) is 52.3 Å². The predicted octanol–water partition coefficient (Wildman–Crippen LogP) is 2.41. The molecule has 0 saturated carbocycles. The number of anilines is 1. The summed E-state index contributed by atoms with van der Waals surface area (Å²) in [5.74, 6) is -0.597. The van der Waals surface area contributed by atoms with E-state index in [0.29, 0.717) is 5.95 Å². The topological polar surface area (TPSA) is 75.1 Å². The number of hydrogen-bond donors (Lipinski definition) is 2. The van der Waals surface area contributed by atoms with Gasteiger partial charge in [0.15, 0.2) is 0 Å². The molecule has 0 amide bonds. The number of hydrogen-bond acceptors (Lipinski definition) is 4. The van der Waals surface area contributed by atoms with Gasteiger partial charge in [0.2, 0.25) is 5.95 Å². The predicted molar refractivity (Wildman–Crippen MR) is 75.3 cm³/mol. The highest BCUT2D eigenvalue weighted by molar-refractivity contribution is 6.31. The molecule has 3 rings (SSSR count). The van der Waals surface area contributed by atoms with Crippen LogP contribution in [0.3, 0.4) is 0 Å². The van der Waals surface area contributed by atoms with Crippen LogP contribution in [0.2, 0.25) is 5.02 Å². The minimum atomic E-state index is -1.03. The smallest absolute Gasteiger partial charge is 0.338 e. The highest BCUT2D eigenvalue weighted by Crippen LogP contribution is 2.29. The molecule has 2 N–H and O–H groups in total. The van der Waals surface area contributed by atoms with E-state index >= 15 is 0 Å². The molecule has 1 aliphatic carbocycles. The van der Waals surface area contributed by atoms with Gasteiger partial charge in [0.05, 0.1) is 5.56 Å². The van der Waals surface area contributed by atoms with E-state index in [1.54, 1.807) is 0 Å². The van der Waals surface area contributed by atoms with Crippen LogP contribution in [-0.4, -0.2) is 27.1 Å². The summed E-state index contributed by atoms with van der Waals surface area (Å²) in [6, 6.07) is 6.08. The maximum atomic E-state index is 10.7. The summed E-state index contributed by atoms with van der Waals surface area (Å²) in [5.41, 5.74) is 2.47. The monoisotopic (exact) mass is 289 g/mol. The second kappa shape index (κ2) is 5.09. The second-order valence-electron chi connectivity index (χ2n) is 4.73. The molecule has 0 spiro atoms. The van der Waals surface area contributed by atoms with Gasteiger partial charge < -0.3 is 10.4 Å².